The fourth-order valence-corrected chi connectivity index (χ4v) is 2.66. The number of carbonyl (C=O) groups is 1. The van der Waals surface area contributed by atoms with E-state index in [9.17, 15) is 4.79 Å². The summed E-state index contributed by atoms with van der Waals surface area (Å²) in [6.07, 6.45) is 3.36. The molecule has 0 aliphatic rings. The van der Waals surface area contributed by atoms with Crippen LogP contribution in [0.3, 0.4) is 0 Å². The largest absolute Gasteiger partial charge is 0.335 e. The van der Waals surface area contributed by atoms with Gasteiger partial charge >= 0.3 is 0 Å². The second-order valence-electron chi connectivity index (χ2n) is 5.54. The van der Waals surface area contributed by atoms with Crippen molar-refractivity contribution >= 4 is 23.2 Å². The van der Waals surface area contributed by atoms with Crippen LogP contribution in [0.1, 0.15) is 34.6 Å². The number of nitrogens with zero attached hydrogens (tertiary/aromatic N) is 4. The van der Waals surface area contributed by atoms with Crippen LogP contribution in [-0.4, -0.2) is 32.5 Å². The second kappa shape index (κ2) is 6.01. The highest BCUT2D eigenvalue weighted by Gasteiger charge is 2.22. The lowest BCUT2D eigenvalue weighted by Crippen LogP contribution is -2.29. The molecule has 0 N–H and O–H groups in total. The average molecular weight is 329 g/mol. The molecule has 6 heteroatoms. The molecule has 5 nitrogen and oxygen atoms in total. The fourth-order valence-electron chi connectivity index (χ4n) is 2.47. The Bertz CT molecular complexity index is 874. The molecule has 1 aromatic carbocycles. The maximum atomic E-state index is 12.8. The maximum absolute atomic E-state index is 12.8. The highest BCUT2D eigenvalue weighted by molar-refractivity contribution is 6.30. The maximum Gasteiger partial charge on any atom is 0.259 e. The second-order valence-corrected chi connectivity index (χ2v) is 5.98. The molecule has 118 valence electrons. The van der Waals surface area contributed by atoms with Gasteiger partial charge in [0, 0.05) is 24.0 Å². The van der Waals surface area contributed by atoms with Crippen LogP contribution in [0.25, 0.3) is 5.65 Å². The van der Waals surface area contributed by atoms with Crippen molar-refractivity contribution in [1.82, 2.24) is 19.5 Å². The summed E-state index contributed by atoms with van der Waals surface area (Å²) in [4.78, 5) is 18.9. The Hall–Kier alpha value is -2.40. The Morgan fingerprint density at radius 3 is 2.87 bits per heavy atom. The number of halogens is 1. The number of hydrogen-bond acceptors (Lipinski definition) is 3. The van der Waals surface area contributed by atoms with E-state index in [1.165, 1.54) is 0 Å². The third-order valence-electron chi connectivity index (χ3n) is 3.97. The number of aromatic nitrogens is 3. The highest BCUT2D eigenvalue weighted by atomic mass is 35.5. The van der Waals surface area contributed by atoms with Gasteiger partial charge in [-0.3, -0.25) is 4.79 Å². The Balaban J connectivity index is 1.93. The first-order valence-corrected chi connectivity index (χ1v) is 7.69. The van der Waals surface area contributed by atoms with Crippen LogP contribution in [0.5, 0.6) is 0 Å². The average Bonchev–Trinajstić information content (AvgIpc) is 2.95. The third kappa shape index (κ3) is 2.92. The number of hydrogen-bond donors (Lipinski definition) is 0. The predicted octanol–water partition coefficient (Wildman–Crippen LogP) is 3.52. The standard InChI is InChI=1S/C17H17ClN4O/c1-11-7-8-22-16(20-11)15(10-19-22)17(23)21(3)12(2)13-5-4-6-14(18)9-13/h4-10,12H,1-3H3/t12-/m1/s1. The number of carbonyl (C=O) groups excluding carboxylic acids is 1. The Morgan fingerprint density at radius 1 is 1.35 bits per heavy atom. The van der Waals surface area contributed by atoms with Crippen molar-refractivity contribution in [2.75, 3.05) is 7.05 Å². The predicted molar refractivity (Wildman–Crippen MR) is 89.7 cm³/mol. The van der Waals surface area contributed by atoms with E-state index in [0.29, 0.717) is 16.2 Å². The fraction of sp³-hybridized carbons (Fsp3) is 0.235. The zero-order valence-corrected chi connectivity index (χ0v) is 13.9. The van der Waals surface area contributed by atoms with E-state index in [0.717, 1.165) is 11.3 Å². The molecule has 1 amide bonds. The topological polar surface area (TPSA) is 50.5 Å². The van der Waals surface area contributed by atoms with Gasteiger partial charge in [-0.05, 0) is 37.6 Å². The molecule has 0 fully saturated rings. The molecule has 2 heterocycles. The van der Waals surface area contributed by atoms with Crippen LogP contribution in [0.2, 0.25) is 5.02 Å². The van der Waals surface area contributed by atoms with Crippen LogP contribution in [-0.2, 0) is 0 Å². The van der Waals surface area contributed by atoms with Gasteiger partial charge in [0.2, 0.25) is 0 Å². The van der Waals surface area contributed by atoms with Crippen LogP contribution >= 0.6 is 11.6 Å². The van der Waals surface area contributed by atoms with Gasteiger partial charge in [-0.2, -0.15) is 5.10 Å². The summed E-state index contributed by atoms with van der Waals surface area (Å²) in [5.41, 5.74) is 2.89. The highest BCUT2D eigenvalue weighted by Crippen LogP contribution is 2.24. The molecule has 0 bridgehead atoms. The zero-order valence-electron chi connectivity index (χ0n) is 13.2. The lowest BCUT2D eigenvalue weighted by Gasteiger charge is -2.25. The molecule has 3 rings (SSSR count). The van der Waals surface area contributed by atoms with Crippen molar-refractivity contribution in [1.29, 1.82) is 0 Å². The minimum Gasteiger partial charge on any atom is -0.335 e. The summed E-state index contributed by atoms with van der Waals surface area (Å²) in [5.74, 6) is -0.120. The van der Waals surface area contributed by atoms with E-state index in [1.54, 1.807) is 28.9 Å². The smallest absolute Gasteiger partial charge is 0.259 e. The Labute approximate surface area is 139 Å². The number of fused-ring (bicyclic) bond motifs is 1. The summed E-state index contributed by atoms with van der Waals surface area (Å²) in [6.45, 7) is 3.85. The molecule has 2 aromatic heterocycles. The van der Waals surface area contributed by atoms with Gasteiger partial charge in [-0.15, -0.1) is 0 Å². The molecular formula is C17H17ClN4O. The quantitative estimate of drug-likeness (QED) is 0.739. The van der Waals surface area contributed by atoms with Gasteiger partial charge in [0.05, 0.1) is 12.2 Å². The van der Waals surface area contributed by atoms with E-state index >= 15 is 0 Å². The molecule has 0 radical (unpaired) electrons. The molecule has 3 aromatic rings. The van der Waals surface area contributed by atoms with Crippen molar-refractivity contribution in [3.63, 3.8) is 0 Å². The lowest BCUT2D eigenvalue weighted by molar-refractivity contribution is 0.0744. The Morgan fingerprint density at radius 2 is 2.13 bits per heavy atom. The molecule has 23 heavy (non-hydrogen) atoms. The molecule has 0 saturated heterocycles. The molecule has 0 spiro atoms. The van der Waals surface area contributed by atoms with E-state index in [1.807, 2.05) is 44.2 Å². The molecule has 0 unspecified atom stereocenters. The number of benzene rings is 1. The van der Waals surface area contributed by atoms with Gasteiger partial charge < -0.3 is 4.90 Å². The SMILES string of the molecule is Cc1ccn2ncc(C(=O)N(C)[C@H](C)c3cccc(Cl)c3)c2n1. The molecule has 1 atom stereocenters. The first-order chi connectivity index (χ1) is 11.0. The summed E-state index contributed by atoms with van der Waals surface area (Å²) in [7, 11) is 1.77. The van der Waals surface area contributed by atoms with E-state index in [-0.39, 0.29) is 11.9 Å². The van der Waals surface area contributed by atoms with Gasteiger partial charge in [-0.1, -0.05) is 23.7 Å². The van der Waals surface area contributed by atoms with Crippen molar-refractivity contribution in [3.05, 3.63) is 64.6 Å². The van der Waals surface area contributed by atoms with Crippen LogP contribution in [0.15, 0.2) is 42.7 Å². The molecule has 0 aliphatic carbocycles. The van der Waals surface area contributed by atoms with Crippen molar-refractivity contribution in [2.45, 2.75) is 19.9 Å². The number of rotatable bonds is 3. The van der Waals surface area contributed by atoms with Crippen molar-refractivity contribution < 1.29 is 4.79 Å². The Kier molecular flexibility index (Phi) is 4.05. The zero-order chi connectivity index (χ0) is 16.6. The van der Waals surface area contributed by atoms with E-state index in [2.05, 4.69) is 10.1 Å². The lowest BCUT2D eigenvalue weighted by atomic mass is 10.1. The first kappa shape index (κ1) is 15.5. The molecule has 0 saturated carbocycles. The van der Waals surface area contributed by atoms with Gasteiger partial charge in [0.15, 0.2) is 5.65 Å². The summed E-state index contributed by atoms with van der Waals surface area (Å²) >= 11 is 6.04. The normalized spacial score (nSPS) is 12.3. The first-order valence-electron chi connectivity index (χ1n) is 7.31. The van der Waals surface area contributed by atoms with Gasteiger partial charge in [0.1, 0.15) is 5.56 Å². The van der Waals surface area contributed by atoms with Crippen LogP contribution < -0.4 is 0 Å². The van der Waals surface area contributed by atoms with E-state index in [4.69, 9.17) is 11.6 Å². The minimum atomic E-state index is -0.120. The van der Waals surface area contributed by atoms with E-state index < -0.39 is 0 Å². The van der Waals surface area contributed by atoms with Crippen molar-refractivity contribution in [3.8, 4) is 0 Å². The number of aryl methyl sites for hydroxylation is 1. The third-order valence-corrected chi connectivity index (χ3v) is 4.21. The summed E-state index contributed by atoms with van der Waals surface area (Å²) in [5, 5.41) is 4.85. The summed E-state index contributed by atoms with van der Waals surface area (Å²) in [6, 6.07) is 9.27. The molecule has 0 aliphatic heterocycles. The number of amides is 1. The minimum absolute atomic E-state index is 0.110. The monoisotopic (exact) mass is 328 g/mol. The van der Waals surface area contributed by atoms with Crippen LogP contribution in [0.4, 0.5) is 0 Å². The molecular weight excluding hydrogens is 312 g/mol. The summed E-state index contributed by atoms with van der Waals surface area (Å²) < 4.78 is 1.61. The van der Waals surface area contributed by atoms with Gasteiger partial charge in [-0.25, -0.2) is 9.50 Å². The van der Waals surface area contributed by atoms with Gasteiger partial charge in [0.25, 0.3) is 5.91 Å². The van der Waals surface area contributed by atoms with Crippen LogP contribution in [0, 0.1) is 6.92 Å². The van der Waals surface area contributed by atoms with Crippen molar-refractivity contribution in [2.24, 2.45) is 0 Å².